The molecule has 1 saturated carbocycles. The minimum absolute atomic E-state index is 0.0520. The van der Waals surface area contributed by atoms with Crippen molar-refractivity contribution in [1.29, 1.82) is 0 Å². The first-order valence-electron chi connectivity index (χ1n) is 8.08. The summed E-state index contributed by atoms with van der Waals surface area (Å²) >= 11 is 0. The first-order chi connectivity index (χ1) is 10.9. The predicted molar refractivity (Wildman–Crippen MR) is 80.7 cm³/mol. The smallest absolute Gasteiger partial charge is 0.333 e. The van der Waals surface area contributed by atoms with Gasteiger partial charge in [-0.15, -0.1) is 0 Å². The van der Waals surface area contributed by atoms with Crippen molar-refractivity contribution in [1.82, 2.24) is 10.2 Å². The standard InChI is InChI=1S/C17H21F3N2O/c1-11(12-3-2-4-14(9-12)17(18,19)20)22(15-5-6-15)16(23)13-7-8-21-10-13/h2-4,9,11,13,15,21H,5-8,10H2,1H3/t11-,13+/m1/s1. The Kier molecular flexibility index (Phi) is 4.36. The molecule has 0 aromatic heterocycles. The fourth-order valence-electron chi connectivity index (χ4n) is 3.25. The molecule has 2 fully saturated rings. The molecule has 1 aliphatic heterocycles. The topological polar surface area (TPSA) is 32.3 Å². The zero-order valence-electron chi connectivity index (χ0n) is 13.1. The summed E-state index contributed by atoms with van der Waals surface area (Å²) in [6.45, 7) is 3.32. The Hall–Kier alpha value is -1.56. The maximum absolute atomic E-state index is 12.9. The summed E-state index contributed by atoms with van der Waals surface area (Å²) < 4.78 is 38.8. The van der Waals surface area contributed by atoms with Crippen molar-refractivity contribution in [2.75, 3.05) is 13.1 Å². The highest BCUT2D eigenvalue weighted by Gasteiger charge is 2.40. The number of hydrogen-bond acceptors (Lipinski definition) is 2. The summed E-state index contributed by atoms with van der Waals surface area (Å²) in [7, 11) is 0. The van der Waals surface area contributed by atoms with Crippen LogP contribution in [0.25, 0.3) is 0 Å². The van der Waals surface area contributed by atoms with Crippen molar-refractivity contribution >= 4 is 5.91 Å². The van der Waals surface area contributed by atoms with E-state index >= 15 is 0 Å². The molecule has 126 valence electrons. The molecule has 1 N–H and O–H groups in total. The molecular formula is C17H21F3N2O. The number of carbonyl (C=O) groups excluding carboxylic acids is 1. The van der Waals surface area contributed by atoms with Gasteiger partial charge in [0.1, 0.15) is 0 Å². The number of hydrogen-bond donors (Lipinski definition) is 1. The van der Waals surface area contributed by atoms with Crippen LogP contribution in [0.2, 0.25) is 0 Å². The lowest BCUT2D eigenvalue weighted by atomic mass is 10.0. The zero-order chi connectivity index (χ0) is 16.6. The van der Waals surface area contributed by atoms with Gasteiger partial charge in [0.15, 0.2) is 0 Å². The van der Waals surface area contributed by atoms with Crippen LogP contribution in [0.15, 0.2) is 24.3 Å². The van der Waals surface area contributed by atoms with Gasteiger partial charge in [0, 0.05) is 12.6 Å². The van der Waals surface area contributed by atoms with E-state index in [-0.39, 0.29) is 23.9 Å². The van der Waals surface area contributed by atoms with Crippen LogP contribution < -0.4 is 5.32 Å². The van der Waals surface area contributed by atoms with Gasteiger partial charge in [0.05, 0.1) is 17.5 Å². The molecular weight excluding hydrogens is 305 g/mol. The molecule has 3 rings (SSSR count). The molecule has 1 aliphatic carbocycles. The number of halogens is 3. The van der Waals surface area contributed by atoms with Crippen molar-refractivity contribution < 1.29 is 18.0 Å². The lowest BCUT2D eigenvalue weighted by Crippen LogP contribution is -2.40. The van der Waals surface area contributed by atoms with Crippen molar-refractivity contribution in [3.63, 3.8) is 0 Å². The summed E-state index contributed by atoms with van der Waals surface area (Å²) in [6.07, 6.45) is -1.68. The third-order valence-corrected chi connectivity index (χ3v) is 4.72. The Morgan fingerprint density at radius 3 is 2.61 bits per heavy atom. The average molecular weight is 326 g/mol. The number of nitrogens with one attached hydrogen (secondary N) is 1. The van der Waals surface area contributed by atoms with E-state index in [9.17, 15) is 18.0 Å². The molecule has 23 heavy (non-hydrogen) atoms. The van der Waals surface area contributed by atoms with Gasteiger partial charge in [0.2, 0.25) is 5.91 Å². The molecule has 1 amide bonds. The number of carbonyl (C=O) groups is 1. The minimum Gasteiger partial charge on any atom is -0.333 e. The monoisotopic (exact) mass is 326 g/mol. The van der Waals surface area contributed by atoms with Gasteiger partial charge >= 0.3 is 6.18 Å². The van der Waals surface area contributed by atoms with Crippen LogP contribution in [0.1, 0.15) is 43.4 Å². The van der Waals surface area contributed by atoms with Crippen molar-refractivity contribution in [3.8, 4) is 0 Å². The summed E-state index contributed by atoms with van der Waals surface area (Å²) in [5, 5.41) is 3.18. The number of nitrogens with zero attached hydrogens (tertiary/aromatic N) is 1. The van der Waals surface area contributed by atoms with Gasteiger partial charge in [-0.1, -0.05) is 12.1 Å². The van der Waals surface area contributed by atoms with E-state index in [1.165, 1.54) is 12.1 Å². The molecule has 2 atom stereocenters. The fourth-order valence-corrected chi connectivity index (χ4v) is 3.25. The van der Waals surface area contributed by atoms with Crippen molar-refractivity contribution in [3.05, 3.63) is 35.4 Å². The van der Waals surface area contributed by atoms with Crippen LogP contribution in [-0.2, 0) is 11.0 Å². The van der Waals surface area contributed by atoms with Crippen molar-refractivity contribution in [2.24, 2.45) is 5.92 Å². The molecule has 0 spiro atoms. The molecule has 0 radical (unpaired) electrons. The molecule has 2 aliphatic rings. The van der Waals surface area contributed by atoms with Crippen LogP contribution in [-0.4, -0.2) is 29.9 Å². The van der Waals surface area contributed by atoms with Gasteiger partial charge < -0.3 is 10.2 Å². The second-order valence-electron chi connectivity index (χ2n) is 6.47. The van der Waals surface area contributed by atoms with Gasteiger partial charge in [-0.05, 0) is 50.4 Å². The summed E-state index contributed by atoms with van der Waals surface area (Å²) in [5.41, 5.74) is -0.112. The number of alkyl halides is 3. The second kappa shape index (κ2) is 6.15. The summed E-state index contributed by atoms with van der Waals surface area (Å²) in [6, 6.07) is 5.17. The normalized spacial score (nSPS) is 22.9. The first kappa shape index (κ1) is 16.3. The second-order valence-corrected chi connectivity index (χ2v) is 6.47. The molecule has 3 nitrogen and oxygen atoms in total. The lowest BCUT2D eigenvalue weighted by molar-refractivity contribution is -0.137. The highest BCUT2D eigenvalue weighted by Crippen LogP contribution is 2.38. The molecule has 6 heteroatoms. The highest BCUT2D eigenvalue weighted by atomic mass is 19.4. The van der Waals surface area contributed by atoms with Crippen LogP contribution in [0.4, 0.5) is 13.2 Å². The maximum Gasteiger partial charge on any atom is 0.416 e. The van der Waals surface area contributed by atoms with E-state index < -0.39 is 11.7 Å². The Balaban J connectivity index is 1.84. The van der Waals surface area contributed by atoms with Gasteiger partial charge in [-0.3, -0.25) is 4.79 Å². The fraction of sp³-hybridized carbons (Fsp3) is 0.588. The highest BCUT2D eigenvalue weighted by molar-refractivity contribution is 5.80. The minimum atomic E-state index is -4.36. The largest absolute Gasteiger partial charge is 0.416 e. The third-order valence-electron chi connectivity index (χ3n) is 4.72. The van der Waals surface area contributed by atoms with Crippen molar-refractivity contribution in [2.45, 2.75) is 44.4 Å². The summed E-state index contributed by atoms with van der Waals surface area (Å²) in [4.78, 5) is 14.6. The Bertz CT molecular complexity index is 577. The predicted octanol–water partition coefficient (Wildman–Crippen LogP) is 3.37. The maximum atomic E-state index is 12.9. The Morgan fingerprint density at radius 1 is 1.30 bits per heavy atom. The molecule has 1 aromatic carbocycles. The van der Waals surface area contributed by atoms with E-state index in [1.54, 1.807) is 6.07 Å². The van der Waals surface area contributed by atoms with E-state index in [4.69, 9.17) is 0 Å². The molecule has 1 aromatic rings. The van der Waals surface area contributed by atoms with Crippen LogP contribution >= 0.6 is 0 Å². The number of rotatable bonds is 4. The Labute approximate surface area is 133 Å². The van der Waals surface area contributed by atoms with Gasteiger partial charge in [0.25, 0.3) is 0 Å². The Morgan fingerprint density at radius 2 is 2.04 bits per heavy atom. The van der Waals surface area contributed by atoms with E-state index in [2.05, 4.69) is 5.32 Å². The third kappa shape index (κ3) is 3.52. The molecule has 0 bridgehead atoms. The van der Waals surface area contributed by atoms with E-state index in [0.717, 1.165) is 31.9 Å². The number of benzene rings is 1. The lowest BCUT2D eigenvalue weighted by Gasteiger charge is -2.32. The number of amides is 1. The zero-order valence-corrected chi connectivity index (χ0v) is 13.1. The van der Waals surface area contributed by atoms with Gasteiger partial charge in [-0.2, -0.15) is 13.2 Å². The quantitative estimate of drug-likeness (QED) is 0.920. The first-order valence-corrected chi connectivity index (χ1v) is 8.08. The van der Waals surface area contributed by atoms with Crippen LogP contribution in [0.5, 0.6) is 0 Å². The molecule has 1 saturated heterocycles. The van der Waals surface area contributed by atoms with Gasteiger partial charge in [-0.25, -0.2) is 0 Å². The van der Waals surface area contributed by atoms with E-state index in [1.807, 2.05) is 11.8 Å². The SMILES string of the molecule is C[C@H](c1cccc(C(F)(F)F)c1)N(C(=O)[C@H]1CCNC1)C1CC1. The molecule has 1 heterocycles. The molecule has 0 unspecified atom stereocenters. The summed E-state index contributed by atoms with van der Waals surface area (Å²) in [5.74, 6) is 0.0197. The van der Waals surface area contributed by atoms with Crippen LogP contribution in [0, 0.1) is 5.92 Å². The van der Waals surface area contributed by atoms with Crippen LogP contribution in [0.3, 0.4) is 0 Å². The average Bonchev–Trinajstić information content (AvgIpc) is 3.18. The van der Waals surface area contributed by atoms with E-state index in [0.29, 0.717) is 12.1 Å².